The van der Waals surface area contributed by atoms with Crippen LogP contribution in [0.4, 0.5) is 0 Å². The van der Waals surface area contributed by atoms with Gasteiger partial charge in [0.2, 0.25) is 0 Å². The summed E-state index contributed by atoms with van der Waals surface area (Å²) < 4.78 is 5.97. The monoisotopic (exact) mass is 346 g/mol. The minimum Gasteiger partial charge on any atom is -0.508 e. The maximum absolute atomic E-state index is 10.1. The fourth-order valence-electron chi connectivity index (χ4n) is 3.08. The number of hydrogen-bond acceptors (Lipinski definition) is 4. The minimum atomic E-state index is -1.49. The summed E-state index contributed by atoms with van der Waals surface area (Å²) in [5.41, 5.74) is 2.19. The van der Waals surface area contributed by atoms with E-state index in [2.05, 4.69) is 24.3 Å². The van der Waals surface area contributed by atoms with Crippen LogP contribution in [0.3, 0.4) is 0 Å². The lowest BCUT2D eigenvalue weighted by Gasteiger charge is -2.07. The van der Waals surface area contributed by atoms with E-state index in [0.29, 0.717) is 11.3 Å². The van der Waals surface area contributed by atoms with Crippen LogP contribution in [0.1, 0.15) is 5.56 Å². The van der Waals surface area contributed by atoms with Crippen LogP contribution in [0.2, 0.25) is 0 Å². The Balaban J connectivity index is 1.66. The van der Waals surface area contributed by atoms with Gasteiger partial charge < -0.3 is 19.7 Å². The molecule has 4 aromatic rings. The van der Waals surface area contributed by atoms with Crippen LogP contribution >= 0.6 is 0 Å². The third-order valence-corrected chi connectivity index (χ3v) is 4.41. The zero-order valence-corrected chi connectivity index (χ0v) is 14.0. The molecular weight excluding hydrogens is 328 g/mol. The van der Waals surface area contributed by atoms with Gasteiger partial charge in [-0.3, -0.25) is 0 Å². The van der Waals surface area contributed by atoms with Gasteiger partial charge >= 0.3 is 0 Å². The highest BCUT2D eigenvalue weighted by molar-refractivity contribution is 5.86. The number of aromatic hydroxyl groups is 1. The van der Waals surface area contributed by atoms with Crippen molar-refractivity contribution in [3.8, 4) is 28.4 Å². The Morgan fingerprint density at radius 1 is 0.731 bits per heavy atom. The second-order valence-corrected chi connectivity index (χ2v) is 6.25. The molecule has 0 aliphatic rings. The van der Waals surface area contributed by atoms with Gasteiger partial charge in [0.15, 0.2) is 6.29 Å². The molecule has 0 aliphatic carbocycles. The van der Waals surface area contributed by atoms with E-state index < -0.39 is 6.29 Å². The lowest BCUT2D eigenvalue weighted by atomic mass is 10.1. The number of furan rings is 1. The van der Waals surface area contributed by atoms with E-state index in [0.717, 1.165) is 22.3 Å². The number of phenolic OH excluding ortho intramolecular Hbond substituents is 1. The minimum absolute atomic E-state index is 0.0132. The molecule has 4 rings (SSSR count). The number of rotatable bonds is 4. The Morgan fingerprint density at radius 3 is 2.08 bits per heavy atom. The van der Waals surface area contributed by atoms with Gasteiger partial charge in [-0.05, 0) is 40.6 Å². The molecule has 0 saturated heterocycles. The first-order valence-electron chi connectivity index (χ1n) is 8.37. The maximum atomic E-state index is 10.1. The second kappa shape index (κ2) is 6.67. The van der Waals surface area contributed by atoms with E-state index >= 15 is 0 Å². The van der Waals surface area contributed by atoms with Crippen molar-refractivity contribution in [3.63, 3.8) is 0 Å². The van der Waals surface area contributed by atoms with E-state index in [1.807, 2.05) is 30.3 Å². The number of phenols is 1. The summed E-state index contributed by atoms with van der Waals surface area (Å²) in [7, 11) is 0. The van der Waals surface area contributed by atoms with Gasteiger partial charge in [0, 0.05) is 17.5 Å². The Labute approximate surface area is 150 Å². The SMILES string of the molecule is Oc1cc(-c2ccc(-c3ccc4ccccc4c3)o2)ccc1CC(O)O. The topological polar surface area (TPSA) is 73.8 Å². The average Bonchev–Trinajstić information content (AvgIpc) is 3.13. The van der Waals surface area contributed by atoms with Crippen LogP contribution in [0, 0.1) is 0 Å². The summed E-state index contributed by atoms with van der Waals surface area (Å²) in [5, 5.41) is 30.5. The van der Waals surface area contributed by atoms with Crippen molar-refractivity contribution >= 4 is 10.8 Å². The van der Waals surface area contributed by atoms with Crippen LogP contribution in [0.25, 0.3) is 33.4 Å². The summed E-state index contributed by atoms with van der Waals surface area (Å²) in [6.07, 6.45) is -1.51. The second-order valence-electron chi connectivity index (χ2n) is 6.25. The first-order chi connectivity index (χ1) is 12.6. The zero-order valence-electron chi connectivity index (χ0n) is 14.0. The smallest absolute Gasteiger partial charge is 0.155 e. The molecule has 1 heterocycles. The quantitative estimate of drug-likeness (QED) is 0.481. The molecule has 3 aromatic carbocycles. The van der Waals surface area contributed by atoms with Gasteiger partial charge in [0.1, 0.15) is 17.3 Å². The van der Waals surface area contributed by atoms with Gasteiger partial charge in [-0.1, -0.05) is 48.5 Å². The number of aliphatic hydroxyl groups excluding tert-OH is 1. The molecule has 4 nitrogen and oxygen atoms in total. The van der Waals surface area contributed by atoms with Crippen LogP contribution in [0.5, 0.6) is 5.75 Å². The molecule has 0 fully saturated rings. The third-order valence-electron chi connectivity index (χ3n) is 4.41. The number of fused-ring (bicyclic) bond motifs is 1. The number of hydrogen-bond donors (Lipinski definition) is 3. The average molecular weight is 346 g/mol. The molecule has 0 bridgehead atoms. The van der Waals surface area contributed by atoms with E-state index in [-0.39, 0.29) is 12.2 Å². The molecule has 3 N–H and O–H groups in total. The molecule has 0 unspecified atom stereocenters. The fraction of sp³-hybridized carbons (Fsp3) is 0.0909. The molecule has 0 radical (unpaired) electrons. The predicted octanol–water partition coefficient (Wildman–Crippen LogP) is 4.33. The Bertz CT molecular complexity index is 1060. The van der Waals surface area contributed by atoms with Crippen LogP contribution in [0.15, 0.2) is 77.2 Å². The largest absolute Gasteiger partial charge is 0.508 e. The summed E-state index contributed by atoms with van der Waals surface area (Å²) in [4.78, 5) is 0. The predicted molar refractivity (Wildman–Crippen MR) is 101 cm³/mol. The molecular formula is C22H18O4. The van der Waals surface area contributed by atoms with Gasteiger partial charge in [-0.15, -0.1) is 0 Å². The lowest BCUT2D eigenvalue weighted by molar-refractivity contribution is -0.0384. The Kier molecular flexibility index (Phi) is 4.21. The highest BCUT2D eigenvalue weighted by Crippen LogP contribution is 2.32. The number of aliphatic hydroxyl groups is 2. The van der Waals surface area contributed by atoms with Crippen LogP contribution in [-0.4, -0.2) is 21.6 Å². The first-order valence-corrected chi connectivity index (χ1v) is 8.37. The molecule has 4 heteroatoms. The molecule has 26 heavy (non-hydrogen) atoms. The van der Waals surface area contributed by atoms with Crippen molar-refractivity contribution in [1.82, 2.24) is 0 Å². The Hall–Kier alpha value is -3.08. The summed E-state index contributed by atoms with van der Waals surface area (Å²) >= 11 is 0. The fourth-order valence-corrected chi connectivity index (χ4v) is 3.08. The Morgan fingerprint density at radius 2 is 1.38 bits per heavy atom. The van der Waals surface area contributed by atoms with Crippen LogP contribution in [-0.2, 0) is 6.42 Å². The molecule has 0 amide bonds. The van der Waals surface area contributed by atoms with E-state index in [4.69, 9.17) is 14.6 Å². The molecule has 1 aromatic heterocycles. The van der Waals surface area contributed by atoms with Gasteiger partial charge in [-0.2, -0.15) is 0 Å². The van der Waals surface area contributed by atoms with Crippen molar-refractivity contribution in [2.24, 2.45) is 0 Å². The van der Waals surface area contributed by atoms with Gasteiger partial charge in [-0.25, -0.2) is 0 Å². The molecule has 0 saturated carbocycles. The van der Waals surface area contributed by atoms with Gasteiger partial charge in [0.05, 0.1) is 0 Å². The normalized spacial score (nSPS) is 11.3. The van der Waals surface area contributed by atoms with Crippen LogP contribution < -0.4 is 0 Å². The van der Waals surface area contributed by atoms with Gasteiger partial charge in [0.25, 0.3) is 0 Å². The highest BCUT2D eigenvalue weighted by Gasteiger charge is 2.11. The molecule has 0 spiro atoms. The summed E-state index contributed by atoms with van der Waals surface area (Å²) in [6, 6.07) is 23.1. The molecule has 130 valence electrons. The third kappa shape index (κ3) is 3.20. The van der Waals surface area contributed by atoms with Crippen molar-refractivity contribution in [3.05, 3.63) is 78.4 Å². The standard InChI is InChI=1S/C22H18O4/c23-19-12-18(8-6-16(19)13-22(24)25)21-10-9-20(26-21)17-7-5-14-3-1-2-4-15(14)11-17/h1-12,22-25H,13H2. The van der Waals surface area contributed by atoms with Crippen molar-refractivity contribution in [2.75, 3.05) is 0 Å². The maximum Gasteiger partial charge on any atom is 0.155 e. The zero-order chi connectivity index (χ0) is 18.1. The van der Waals surface area contributed by atoms with Crippen molar-refractivity contribution < 1.29 is 19.7 Å². The molecule has 0 aliphatic heterocycles. The van der Waals surface area contributed by atoms with E-state index in [1.54, 1.807) is 18.2 Å². The highest BCUT2D eigenvalue weighted by atomic mass is 16.5. The van der Waals surface area contributed by atoms with E-state index in [1.165, 1.54) is 5.39 Å². The lowest BCUT2D eigenvalue weighted by Crippen LogP contribution is -2.08. The summed E-state index contributed by atoms with van der Waals surface area (Å²) in [5.74, 6) is 1.40. The van der Waals surface area contributed by atoms with E-state index in [9.17, 15) is 5.11 Å². The van der Waals surface area contributed by atoms with Crippen molar-refractivity contribution in [1.29, 1.82) is 0 Å². The first kappa shape index (κ1) is 16.4. The number of benzene rings is 3. The summed E-state index contributed by atoms with van der Waals surface area (Å²) in [6.45, 7) is 0. The van der Waals surface area contributed by atoms with Crippen molar-refractivity contribution in [2.45, 2.75) is 12.7 Å². The molecule has 0 atom stereocenters.